The van der Waals surface area contributed by atoms with Crippen LogP contribution < -0.4 is 0 Å². The van der Waals surface area contributed by atoms with Gasteiger partial charge in [0.15, 0.2) is 0 Å². The van der Waals surface area contributed by atoms with Crippen LogP contribution in [0.15, 0.2) is 29.2 Å². The summed E-state index contributed by atoms with van der Waals surface area (Å²) in [5.41, 5.74) is 1.41. The third-order valence-corrected chi connectivity index (χ3v) is 6.27. The van der Waals surface area contributed by atoms with E-state index in [1.807, 2.05) is 0 Å². The molecule has 1 aromatic heterocycles. The normalized spacial score (nSPS) is 17.1. The summed E-state index contributed by atoms with van der Waals surface area (Å²) in [7, 11) is -3.86. The van der Waals surface area contributed by atoms with Gasteiger partial charge in [0.25, 0.3) is 0 Å². The zero-order valence-corrected chi connectivity index (χ0v) is 14.6. The number of aliphatic hydroxyl groups is 2. The number of aliphatic hydroxyl groups excluding tert-OH is 2. The van der Waals surface area contributed by atoms with E-state index in [2.05, 4.69) is 5.10 Å². The fraction of sp³-hybridized carbons (Fsp3) is 0.438. The van der Waals surface area contributed by atoms with Crippen LogP contribution in [0.3, 0.4) is 0 Å². The van der Waals surface area contributed by atoms with E-state index >= 15 is 0 Å². The minimum absolute atomic E-state index is 0.0453. The number of rotatable bonds is 4. The maximum atomic E-state index is 13.5. The lowest BCUT2D eigenvalue weighted by molar-refractivity contribution is 0.0916. The Labute approximate surface area is 145 Å². The number of fused-ring (bicyclic) bond motifs is 1. The van der Waals surface area contributed by atoms with Crippen molar-refractivity contribution in [2.45, 2.75) is 37.4 Å². The van der Waals surface area contributed by atoms with E-state index in [-0.39, 0.29) is 11.4 Å². The molecule has 0 spiro atoms. The van der Waals surface area contributed by atoms with Crippen molar-refractivity contribution in [1.82, 2.24) is 14.1 Å². The highest BCUT2D eigenvalue weighted by molar-refractivity contribution is 7.89. The first-order valence-electron chi connectivity index (χ1n) is 7.95. The van der Waals surface area contributed by atoms with Gasteiger partial charge in [0.05, 0.1) is 29.4 Å². The van der Waals surface area contributed by atoms with Crippen molar-refractivity contribution < 1.29 is 23.0 Å². The Kier molecular flexibility index (Phi) is 4.92. The molecule has 2 N–H and O–H groups in total. The largest absolute Gasteiger partial charge is 0.393 e. The van der Waals surface area contributed by atoms with Gasteiger partial charge in [-0.15, -0.1) is 0 Å². The van der Waals surface area contributed by atoms with Crippen molar-refractivity contribution in [3.63, 3.8) is 0 Å². The summed E-state index contributed by atoms with van der Waals surface area (Å²) in [5, 5.41) is 23.0. The monoisotopic (exact) mass is 369 g/mol. The van der Waals surface area contributed by atoms with Crippen molar-refractivity contribution in [2.24, 2.45) is 0 Å². The number of hydrogen-bond acceptors (Lipinski definition) is 5. The van der Waals surface area contributed by atoms with Gasteiger partial charge in [0.2, 0.25) is 10.0 Å². The van der Waals surface area contributed by atoms with E-state index in [4.69, 9.17) is 5.11 Å². The predicted molar refractivity (Wildman–Crippen MR) is 87.6 cm³/mol. The third-order valence-electron chi connectivity index (χ3n) is 4.28. The van der Waals surface area contributed by atoms with Crippen LogP contribution in [-0.2, 0) is 23.1 Å². The van der Waals surface area contributed by atoms with Gasteiger partial charge in [-0.3, -0.25) is 4.68 Å². The molecule has 1 aliphatic rings. The van der Waals surface area contributed by atoms with Crippen LogP contribution in [0.4, 0.5) is 4.39 Å². The zero-order chi connectivity index (χ0) is 18.2. The Morgan fingerprint density at radius 2 is 2.08 bits per heavy atom. The first-order valence-corrected chi connectivity index (χ1v) is 9.39. The third kappa shape index (κ3) is 3.45. The Morgan fingerprint density at radius 3 is 2.80 bits per heavy atom. The van der Waals surface area contributed by atoms with Gasteiger partial charge in [-0.25, -0.2) is 12.8 Å². The molecular weight excluding hydrogens is 349 g/mol. The molecule has 0 fully saturated rings. The van der Waals surface area contributed by atoms with Crippen LogP contribution in [0.1, 0.15) is 29.5 Å². The lowest BCUT2D eigenvalue weighted by atomic mass is 10.2. The van der Waals surface area contributed by atoms with Crippen LogP contribution in [0, 0.1) is 12.7 Å². The second kappa shape index (κ2) is 6.83. The summed E-state index contributed by atoms with van der Waals surface area (Å²) >= 11 is 0. The van der Waals surface area contributed by atoms with Crippen LogP contribution in [0.25, 0.3) is 0 Å². The van der Waals surface area contributed by atoms with Crippen LogP contribution in [-0.4, -0.2) is 45.9 Å². The second-order valence-corrected chi connectivity index (χ2v) is 7.99. The van der Waals surface area contributed by atoms with E-state index in [0.717, 1.165) is 6.07 Å². The van der Waals surface area contributed by atoms with Gasteiger partial charge in [0, 0.05) is 13.1 Å². The molecule has 9 heteroatoms. The second-order valence-electron chi connectivity index (χ2n) is 6.08. The fourth-order valence-electron chi connectivity index (χ4n) is 2.91. The average Bonchev–Trinajstić information content (AvgIpc) is 2.87. The Bertz CT molecular complexity index is 882. The molecule has 136 valence electrons. The molecule has 1 aromatic carbocycles. The minimum Gasteiger partial charge on any atom is -0.393 e. The van der Waals surface area contributed by atoms with Gasteiger partial charge < -0.3 is 10.2 Å². The molecule has 3 rings (SSSR count). The zero-order valence-electron chi connectivity index (χ0n) is 13.8. The Morgan fingerprint density at radius 1 is 1.32 bits per heavy atom. The minimum atomic E-state index is -3.86. The Balaban J connectivity index is 1.95. The number of benzene rings is 1. The highest BCUT2D eigenvalue weighted by Gasteiger charge is 2.30. The maximum absolute atomic E-state index is 13.5. The van der Waals surface area contributed by atoms with Crippen molar-refractivity contribution >= 4 is 10.0 Å². The first kappa shape index (κ1) is 18.0. The number of sulfonamides is 1. The molecule has 0 bridgehead atoms. The summed E-state index contributed by atoms with van der Waals surface area (Å²) in [6.45, 7) is 2.04. The van der Waals surface area contributed by atoms with Gasteiger partial charge >= 0.3 is 0 Å². The van der Waals surface area contributed by atoms with Gasteiger partial charge in [-0.2, -0.15) is 9.40 Å². The average molecular weight is 369 g/mol. The SMILES string of the molecule is Cc1ccc(F)cc1S(=O)(=O)N1CCCn2nc([C@H](O)CO)cc2C1. The molecule has 0 unspecified atom stereocenters. The summed E-state index contributed by atoms with van der Waals surface area (Å²) in [6.07, 6.45) is -0.563. The molecule has 1 aliphatic heterocycles. The highest BCUT2D eigenvalue weighted by atomic mass is 32.2. The van der Waals surface area contributed by atoms with E-state index in [0.29, 0.717) is 36.5 Å². The summed E-state index contributed by atoms with van der Waals surface area (Å²) in [4.78, 5) is -0.0453. The molecule has 0 saturated heterocycles. The number of nitrogens with zero attached hydrogens (tertiary/aromatic N) is 3. The van der Waals surface area contributed by atoms with E-state index in [1.165, 1.54) is 16.4 Å². The van der Waals surface area contributed by atoms with Crippen LogP contribution >= 0.6 is 0 Å². The number of aromatic nitrogens is 2. The molecule has 0 radical (unpaired) electrons. The number of hydrogen-bond donors (Lipinski definition) is 2. The lowest BCUT2D eigenvalue weighted by Crippen LogP contribution is -2.31. The quantitative estimate of drug-likeness (QED) is 0.837. The molecule has 7 nitrogen and oxygen atoms in total. The molecule has 0 amide bonds. The van der Waals surface area contributed by atoms with Gasteiger partial charge in [-0.1, -0.05) is 6.07 Å². The topological polar surface area (TPSA) is 95.7 Å². The number of aryl methyl sites for hydroxylation is 2. The van der Waals surface area contributed by atoms with E-state index in [9.17, 15) is 17.9 Å². The van der Waals surface area contributed by atoms with E-state index < -0.39 is 28.6 Å². The molecule has 25 heavy (non-hydrogen) atoms. The first-order chi connectivity index (χ1) is 11.8. The fourth-order valence-corrected chi connectivity index (χ4v) is 4.59. The van der Waals surface area contributed by atoms with Crippen molar-refractivity contribution in [1.29, 1.82) is 0 Å². The van der Waals surface area contributed by atoms with Crippen molar-refractivity contribution in [2.75, 3.05) is 13.2 Å². The molecule has 0 saturated carbocycles. The summed E-state index contributed by atoms with van der Waals surface area (Å²) in [5.74, 6) is -0.600. The van der Waals surface area contributed by atoms with E-state index in [1.54, 1.807) is 17.7 Å². The summed E-state index contributed by atoms with van der Waals surface area (Å²) < 4.78 is 42.4. The van der Waals surface area contributed by atoms with Gasteiger partial charge in [-0.05, 0) is 37.1 Å². The Hall–Kier alpha value is -1.81. The molecule has 2 heterocycles. The molecular formula is C16H20FN3O4S. The lowest BCUT2D eigenvalue weighted by Gasteiger charge is -2.21. The van der Waals surface area contributed by atoms with Crippen molar-refractivity contribution in [3.8, 4) is 0 Å². The van der Waals surface area contributed by atoms with Crippen LogP contribution in [0.2, 0.25) is 0 Å². The van der Waals surface area contributed by atoms with Crippen LogP contribution in [0.5, 0.6) is 0 Å². The predicted octanol–water partition coefficient (Wildman–Crippen LogP) is 0.951. The maximum Gasteiger partial charge on any atom is 0.243 e. The molecule has 1 atom stereocenters. The van der Waals surface area contributed by atoms with Gasteiger partial charge in [0.1, 0.15) is 11.9 Å². The smallest absolute Gasteiger partial charge is 0.243 e. The number of halogens is 1. The van der Waals surface area contributed by atoms with Crippen molar-refractivity contribution in [3.05, 3.63) is 47.0 Å². The molecule has 0 aliphatic carbocycles. The standard InChI is InChI=1S/C16H20FN3O4S/c1-11-3-4-12(17)7-16(11)25(23,24)19-5-2-6-20-13(9-19)8-14(18-20)15(22)10-21/h3-4,7-8,15,21-22H,2,5-6,9-10H2,1H3/t15-/m1/s1. The highest BCUT2D eigenvalue weighted by Crippen LogP contribution is 2.25. The molecule has 2 aromatic rings. The summed E-state index contributed by atoms with van der Waals surface area (Å²) in [6, 6.07) is 5.30.